The average Bonchev–Trinajstić information content (AvgIpc) is 3.14. The SMILES string of the molecule is O=C(CCCC(=O)N1CC1)c1ccccc1. The van der Waals surface area contributed by atoms with Crippen molar-refractivity contribution in [3.05, 3.63) is 35.9 Å². The fourth-order valence-corrected chi connectivity index (χ4v) is 1.63. The highest BCUT2D eigenvalue weighted by atomic mass is 16.2. The lowest BCUT2D eigenvalue weighted by molar-refractivity contribution is -0.125. The van der Waals surface area contributed by atoms with Crippen LogP contribution in [-0.4, -0.2) is 29.7 Å². The van der Waals surface area contributed by atoms with Crippen molar-refractivity contribution in [1.29, 1.82) is 0 Å². The highest BCUT2D eigenvalue weighted by Crippen LogP contribution is 2.11. The summed E-state index contributed by atoms with van der Waals surface area (Å²) in [4.78, 5) is 24.8. The topological polar surface area (TPSA) is 37.1 Å². The molecule has 2 rings (SSSR count). The van der Waals surface area contributed by atoms with Gasteiger partial charge in [0, 0.05) is 31.5 Å². The molecule has 1 aromatic carbocycles. The third-order valence-corrected chi connectivity index (χ3v) is 2.69. The highest BCUT2D eigenvalue weighted by molar-refractivity contribution is 5.96. The van der Waals surface area contributed by atoms with Gasteiger partial charge in [-0.2, -0.15) is 0 Å². The fourth-order valence-electron chi connectivity index (χ4n) is 1.63. The van der Waals surface area contributed by atoms with Crippen LogP contribution in [0.3, 0.4) is 0 Å². The molecule has 1 amide bonds. The maximum absolute atomic E-state index is 11.7. The van der Waals surface area contributed by atoms with Crippen LogP contribution in [0.5, 0.6) is 0 Å². The molecule has 84 valence electrons. The molecular weight excluding hydrogens is 202 g/mol. The first-order chi connectivity index (χ1) is 7.77. The lowest BCUT2D eigenvalue weighted by Crippen LogP contribution is -2.10. The number of amides is 1. The van der Waals surface area contributed by atoms with Gasteiger partial charge in [-0.05, 0) is 6.42 Å². The number of rotatable bonds is 5. The molecule has 0 spiro atoms. The average molecular weight is 217 g/mol. The maximum atomic E-state index is 11.7. The molecule has 0 aromatic heterocycles. The first kappa shape index (κ1) is 10.9. The van der Waals surface area contributed by atoms with E-state index in [1.54, 1.807) is 4.90 Å². The van der Waals surface area contributed by atoms with Gasteiger partial charge in [0.05, 0.1) is 0 Å². The molecule has 16 heavy (non-hydrogen) atoms. The monoisotopic (exact) mass is 217 g/mol. The van der Waals surface area contributed by atoms with E-state index in [2.05, 4.69) is 0 Å². The number of carbonyl (C=O) groups excluding carboxylic acids is 2. The smallest absolute Gasteiger partial charge is 0.222 e. The van der Waals surface area contributed by atoms with E-state index in [4.69, 9.17) is 0 Å². The van der Waals surface area contributed by atoms with Gasteiger partial charge in [0.2, 0.25) is 5.91 Å². The minimum absolute atomic E-state index is 0.124. The predicted molar refractivity (Wildman–Crippen MR) is 61.2 cm³/mol. The Morgan fingerprint density at radius 2 is 1.75 bits per heavy atom. The molecule has 0 radical (unpaired) electrons. The Balaban J connectivity index is 1.73. The van der Waals surface area contributed by atoms with E-state index in [0.29, 0.717) is 19.3 Å². The van der Waals surface area contributed by atoms with E-state index in [-0.39, 0.29) is 11.7 Å². The van der Waals surface area contributed by atoms with Gasteiger partial charge in [-0.3, -0.25) is 9.59 Å². The third-order valence-electron chi connectivity index (χ3n) is 2.69. The molecule has 1 fully saturated rings. The van der Waals surface area contributed by atoms with Crippen molar-refractivity contribution >= 4 is 11.7 Å². The molecule has 0 unspecified atom stereocenters. The molecule has 0 N–H and O–H groups in total. The molecule has 1 heterocycles. The van der Waals surface area contributed by atoms with Crippen LogP contribution in [-0.2, 0) is 4.79 Å². The largest absolute Gasteiger partial charge is 0.339 e. The zero-order valence-electron chi connectivity index (χ0n) is 9.19. The van der Waals surface area contributed by atoms with Gasteiger partial charge in [0.25, 0.3) is 0 Å². The summed E-state index contributed by atoms with van der Waals surface area (Å²) in [7, 11) is 0. The minimum Gasteiger partial charge on any atom is -0.339 e. The number of hydrogen-bond donors (Lipinski definition) is 0. The van der Waals surface area contributed by atoms with E-state index >= 15 is 0 Å². The second-order valence-corrected chi connectivity index (χ2v) is 4.02. The molecule has 1 saturated heterocycles. The third kappa shape index (κ3) is 2.92. The second kappa shape index (κ2) is 4.92. The quantitative estimate of drug-likeness (QED) is 0.558. The minimum atomic E-state index is 0.124. The number of Topliss-reactive ketones (excluding diaryl/α,β-unsaturated/α-hetero) is 1. The molecule has 0 atom stereocenters. The summed E-state index contributed by atoms with van der Waals surface area (Å²) < 4.78 is 0. The number of ketones is 1. The van der Waals surface area contributed by atoms with Gasteiger partial charge in [-0.1, -0.05) is 30.3 Å². The summed E-state index contributed by atoms with van der Waals surface area (Å²) in [5, 5.41) is 0. The standard InChI is InChI=1S/C13H15NO2/c15-12(11-5-2-1-3-6-11)7-4-8-13(16)14-9-10-14/h1-3,5-6H,4,7-10H2. The molecule has 0 saturated carbocycles. The van der Waals surface area contributed by atoms with Gasteiger partial charge in [0.15, 0.2) is 5.78 Å². The van der Waals surface area contributed by atoms with Crippen LogP contribution in [0.1, 0.15) is 29.6 Å². The normalized spacial score (nSPS) is 13.6. The molecule has 0 bridgehead atoms. The summed E-state index contributed by atoms with van der Waals surface area (Å²) in [6.45, 7) is 1.79. The van der Waals surface area contributed by atoms with Crippen molar-refractivity contribution in [2.24, 2.45) is 0 Å². The number of carbonyl (C=O) groups is 2. The van der Waals surface area contributed by atoms with Crippen molar-refractivity contribution in [2.45, 2.75) is 19.3 Å². The van der Waals surface area contributed by atoms with E-state index < -0.39 is 0 Å². The molecule has 3 heteroatoms. The zero-order valence-corrected chi connectivity index (χ0v) is 9.19. The zero-order chi connectivity index (χ0) is 11.4. The summed E-state index contributed by atoms with van der Waals surface area (Å²) in [5.41, 5.74) is 0.738. The van der Waals surface area contributed by atoms with Gasteiger partial charge >= 0.3 is 0 Å². The Kier molecular flexibility index (Phi) is 3.34. The van der Waals surface area contributed by atoms with Crippen LogP contribution in [0.15, 0.2) is 30.3 Å². The van der Waals surface area contributed by atoms with E-state index in [1.165, 1.54) is 0 Å². The van der Waals surface area contributed by atoms with Crippen molar-refractivity contribution in [1.82, 2.24) is 4.90 Å². The first-order valence-corrected chi connectivity index (χ1v) is 5.63. The fraction of sp³-hybridized carbons (Fsp3) is 0.385. The molecular formula is C13H15NO2. The van der Waals surface area contributed by atoms with E-state index in [0.717, 1.165) is 18.7 Å². The van der Waals surface area contributed by atoms with Crippen LogP contribution in [0.25, 0.3) is 0 Å². The number of hydrogen-bond acceptors (Lipinski definition) is 2. The number of benzene rings is 1. The van der Waals surface area contributed by atoms with Crippen molar-refractivity contribution in [3.8, 4) is 0 Å². The van der Waals surface area contributed by atoms with Crippen molar-refractivity contribution < 1.29 is 9.59 Å². The van der Waals surface area contributed by atoms with Crippen LogP contribution in [0.2, 0.25) is 0 Å². The molecule has 1 aliphatic rings. The van der Waals surface area contributed by atoms with Gasteiger partial charge < -0.3 is 4.90 Å². The summed E-state index contributed by atoms with van der Waals surface area (Å²) in [6, 6.07) is 9.23. The number of nitrogens with zero attached hydrogens (tertiary/aromatic N) is 1. The summed E-state index contributed by atoms with van der Waals surface area (Å²) >= 11 is 0. The van der Waals surface area contributed by atoms with Crippen molar-refractivity contribution in [2.75, 3.05) is 13.1 Å². The predicted octanol–water partition coefficient (Wildman–Crippen LogP) is 1.88. The van der Waals surface area contributed by atoms with E-state index in [9.17, 15) is 9.59 Å². The lowest BCUT2D eigenvalue weighted by atomic mass is 10.1. The van der Waals surface area contributed by atoms with Crippen molar-refractivity contribution in [3.63, 3.8) is 0 Å². The Hall–Kier alpha value is -1.64. The Morgan fingerprint density at radius 1 is 1.06 bits per heavy atom. The summed E-state index contributed by atoms with van der Waals surface area (Å²) in [6.07, 6.45) is 1.62. The second-order valence-electron chi connectivity index (χ2n) is 4.02. The molecule has 1 aliphatic heterocycles. The van der Waals surface area contributed by atoms with Crippen LogP contribution in [0, 0.1) is 0 Å². The van der Waals surface area contributed by atoms with Crippen LogP contribution in [0.4, 0.5) is 0 Å². The van der Waals surface area contributed by atoms with Crippen LogP contribution >= 0.6 is 0 Å². The maximum Gasteiger partial charge on any atom is 0.222 e. The Bertz CT molecular complexity index is 382. The summed E-state index contributed by atoms with van der Waals surface area (Å²) in [5.74, 6) is 0.306. The van der Waals surface area contributed by atoms with E-state index in [1.807, 2.05) is 30.3 Å². The van der Waals surface area contributed by atoms with Gasteiger partial charge in [0.1, 0.15) is 0 Å². The Labute approximate surface area is 95.1 Å². The van der Waals surface area contributed by atoms with Crippen LogP contribution < -0.4 is 0 Å². The first-order valence-electron chi connectivity index (χ1n) is 5.63. The molecule has 3 nitrogen and oxygen atoms in total. The Morgan fingerprint density at radius 3 is 2.38 bits per heavy atom. The van der Waals surface area contributed by atoms with Gasteiger partial charge in [-0.25, -0.2) is 0 Å². The molecule has 1 aromatic rings. The highest BCUT2D eigenvalue weighted by Gasteiger charge is 2.23. The molecule has 0 aliphatic carbocycles. The lowest BCUT2D eigenvalue weighted by Gasteiger charge is -2.01. The van der Waals surface area contributed by atoms with Gasteiger partial charge in [-0.15, -0.1) is 0 Å².